The number of nitrogens with zero attached hydrogens (tertiary/aromatic N) is 1. The number of benzene rings is 2. The molecule has 5 heteroatoms. The number of furan rings is 1. The predicted molar refractivity (Wildman–Crippen MR) is 105 cm³/mol. The Balaban J connectivity index is 1.70. The summed E-state index contributed by atoms with van der Waals surface area (Å²) < 4.78 is 5.36. The molecule has 0 saturated heterocycles. The summed E-state index contributed by atoms with van der Waals surface area (Å²) in [5.41, 5.74) is 2.36. The summed E-state index contributed by atoms with van der Waals surface area (Å²) in [5, 5.41) is 4.70. The lowest BCUT2D eigenvalue weighted by Gasteiger charge is -2.26. The third-order valence-electron chi connectivity index (χ3n) is 3.78. The summed E-state index contributed by atoms with van der Waals surface area (Å²) in [4.78, 5) is 2.14. The van der Waals surface area contributed by atoms with E-state index in [0.717, 1.165) is 22.9 Å². The minimum Gasteiger partial charge on any atom is -0.467 e. The zero-order valence-corrected chi connectivity index (χ0v) is 15.3. The minimum atomic E-state index is 0.567. The van der Waals surface area contributed by atoms with Crippen molar-refractivity contribution in [1.29, 1.82) is 0 Å². The molecule has 3 aromatic rings. The van der Waals surface area contributed by atoms with Crippen LogP contribution in [-0.4, -0.2) is 10.0 Å². The molecule has 1 heterocycles. The molecule has 0 atom stereocenters. The summed E-state index contributed by atoms with van der Waals surface area (Å²) >= 11 is 11.6. The summed E-state index contributed by atoms with van der Waals surface area (Å²) in [7, 11) is 0. The highest BCUT2D eigenvalue weighted by Crippen LogP contribution is 2.14. The van der Waals surface area contributed by atoms with E-state index < -0.39 is 0 Å². The van der Waals surface area contributed by atoms with Gasteiger partial charge in [-0.15, -0.1) is 0 Å². The van der Waals surface area contributed by atoms with Crippen LogP contribution in [0.5, 0.6) is 0 Å². The third kappa shape index (κ3) is 5.34. The lowest BCUT2D eigenvalue weighted by molar-refractivity contribution is 0.395. The van der Waals surface area contributed by atoms with Gasteiger partial charge in [-0.05, 0) is 47.6 Å². The Labute approximate surface area is 158 Å². The fourth-order valence-corrected chi connectivity index (χ4v) is 2.83. The van der Waals surface area contributed by atoms with Gasteiger partial charge in [0.1, 0.15) is 5.76 Å². The van der Waals surface area contributed by atoms with Crippen LogP contribution in [0.15, 0.2) is 77.4 Å². The summed E-state index contributed by atoms with van der Waals surface area (Å²) in [6.07, 6.45) is 1.66. The summed E-state index contributed by atoms with van der Waals surface area (Å²) in [6.45, 7) is 2.00. The number of nitrogens with one attached hydrogen (secondary N) is 1. The van der Waals surface area contributed by atoms with Crippen molar-refractivity contribution >= 4 is 28.9 Å². The van der Waals surface area contributed by atoms with Crippen LogP contribution in [0.25, 0.3) is 0 Å². The monoisotopic (exact) mass is 370 g/mol. The molecule has 1 aromatic heterocycles. The van der Waals surface area contributed by atoms with Crippen LogP contribution in [0.4, 0.5) is 0 Å². The highest BCUT2D eigenvalue weighted by atomic mass is 35.5. The fraction of sp³-hybridized carbons (Fsp3) is 0.150. The fourth-order valence-electron chi connectivity index (χ4n) is 2.50. The molecule has 0 aliphatic carbocycles. The van der Waals surface area contributed by atoms with Crippen LogP contribution in [-0.2, 0) is 19.6 Å². The Bertz CT molecular complexity index is 788. The smallest absolute Gasteiger partial charge is 0.169 e. The second-order valence-corrected chi connectivity index (χ2v) is 6.53. The van der Waals surface area contributed by atoms with E-state index in [1.54, 1.807) is 6.26 Å². The van der Waals surface area contributed by atoms with Gasteiger partial charge in [-0.2, -0.15) is 0 Å². The van der Waals surface area contributed by atoms with E-state index in [9.17, 15) is 0 Å². The molecule has 0 unspecified atom stereocenters. The largest absolute Gasteiger partial charge is 0.467 e. The number of hydrogen-bond donors (Lipinski definition) is 1. The molecule has 0 fully saturated rings. The van der Waals surface area contributed by atoms with Crippen molar-refractivity contribution < 1.29 is 4.42 Å². The van der Waals surface area contributed by atoms with Crippen LogP contribution < -0.4 is 5.32 Å². The Hall–Kier alpha value is -2.30. The molecular formula is C20H19ClN2OS. The molecule has 0 amide bonds. The zero-order chi connectivity index (χ0) is 17.5. The van der Waals surface area contributed by atoms with E-state index in [4.69, 9.17) is 28.2 Å². The zero-order valence-electron chi connectivity index (χ0n) is 13.7. The van der Waals surface area contributed by atoms with Gasteiger partial charge in [0.15, 0.2) is 5.11 Å². The molecule has 0 spiro atoms. The SMILES string of the molecule is S=C(NCc1ccco1)N(Cc1ccccc1)Cc1ccc(Cl)cc1. The Morgan fingerprint density at radius 3 is 2.24 bits per heavy atom. The Morgan fingerprint density at radius 2 is 1.60 bits per heavy atom. The van der Waals surface area contributed by atoms with Crippen molar-refractivity contribution in [1.82, 2.24) is 10.2 Å². The molecule has 0 aliphatic heterocycles. The highest BCUT2D eigenvalue weighted by molar-refractivity contribution is 7.80. The third-order valence-corrected chi connectivity index (χ3v) is 4.44. The second-order valence-electron chi connectivity index (χ2n) is 5.71. The number of thiocarbonyl (C=S) groups is 1. The molecule has 0 bridgehead atoms. The van der Waals surface area contributed by atoms with Gasteiger partial charge in [0.05, 0.1) is 12.8 Å². The quantitative estimate of drug-likeness (QED) is 0.617. The van der Waals surface area contributed by atoms with E-state index in [0.29, 0.717) is 18.2 Å². The van der Waals surface area contributed by atoms with Crippen LogP contribution >= 0.6 is 23.8 Å². The average molecular weight is 371 g/mol. The molecule has 25 heavy (non-hydrogen) atoms. The standard InChI is InChI=1S/C20H19ClN2OS/c21-18-10-8-17(9-11-18)15-23(14-16-5-2-1-3-6-16)20(25)22-13-19-7-4-12-24-19/h1-12H,13-15H2,(H,22,25). The topological polar surface area (TPSA) is 28.4 Å². The first kappa shape index (κ1) is 17.5. The van der Waals surface area contributed by atoms with Crippen molar-refractivity contribution in [2.45, 2.75) is 19.6 Å². The first-order chi connectivity index (χ1) is 12.2. The van der Waals surface area contributed by atoms with Gasteiger partial charge in [0, 0.05) is 18.1 Å². The maximum Gasteiger partial charge on any atom is 0.169 e. The van der Waals surface area contributed by atoms with E-state index in [1.165, 1.54) is 5.56 Å². The van der Waals surface area contributed by atoms with Crippen LogP contribution in [0.3, 0.4) is 0 Å². The lowest BCUT2D eigenvalue weighted by Crippen LogP contribution is -2.38. The molecule has 2 aromatic carbocycles. The Kier molecular flexibility index (Phi) is 6.09. The van der Waals surface area contributed by atoms with Gasteiger partial charge in [-0.25, -0.2) is 0 Å². The average Bonchev–Trinajstić information content (AvgIpc) is 3.15. The molecule has 0 radical (unpaired) electrons. The molecule has 0 saturated carbocycles. The van der Waals surface area contributed by atoms with Crippen LogP contribution in [0, 0.1) is 0 Å². The summed E-state index contributed by atoms with van der Waals surface area (Å²) in [5.74, 6) is 0.855. The maximum absolute atomic E-state index is 5.99. The Morgan fingerprint density at radius 1 is 0.920 bits per heavy atom. The maximum atomic E-state index is 5.99. The lowest BCUT2D eigenvalue weighted by atomic mass is 10.2. The number of hydrogen-bond acceptors (Lipinski definition) is 2. The van der Waals surface area contributed by atoms with Crippen molar-refractivity contribution in [2.75, 3.05) is 0 Å². The van der Waals surface area contributed by atoms with Crippen LogP contribution in [0.1, 0.15) is 16.9 Å². The van der Waals surface area contributed by atoms with E-state index in [2.05, 4.69) is 22.3 Å². The van der Waals surface area contributed by atoms with Gasteiger partial charge in [-0.3, -0.25) is 0 Å². The van der Waals surface area contributed by atoms with Gasteiger partial charge in [-0.1, -0.05) is 54.1 Å². The molecular weight excluding hydrogens is 352 g/mol. The molecule has 3 rings (SSSR count). The minimum absolute atomic E-state index is 0.567. The number of rotatable bonds is 6. The van der Waals surface area contributed by atoms with E-state index in [-0.39, 0.29) is 0 Å². The molecule has 0 aliphatic rings. The van der Waals surface area contributed by atoms with Crippen LogP contribution in [0.2, 0.25) is 5.02 Å². The van der Waals surface area contributed by atoms with Gasteiger partial charge >= 0.3 is 0 Å². The van der Waals surface area contributed by atoms with Gasteiger partial charge < -0.3 is 14.6 Å². The predicted octanol–water partition coefficient (Wildman–Crippen LogP) is 5.01. The normalized spacial score (nSPS) is 10.4. The second kappa shape index (κ2) is 8.70. The van der Waals surface area contributed by atoms with Gasteiger partial charge in [0.25, 0.3) is 0 Å². The van der Waals surface area contributed by atoms with Gasteiger partial charge in [0.2, 0.25) is 0 Å². The van der Waals surface area contributed by atoms with Crippen molar-refractivity contribution in [2.24, 2.45) is 0 Å². The summed E-state index contributed by atoms with van der Waals surface area (Å²) in [6, 6.07) is 21.9. The highest BCUT2D eigenvalue weighted by Gasteiger charge is 2.12. The first-order valence-electron chi connectivity index (χ1n) is 8.04. The van der Waals surface area contributed by atoms with Crippen molar-refractivity contribution in [3.8, 4) is 0 Å². The van der Waals surface area contributed by atoms with Crippen molar-refractivity contribution in [3.05, 3.63) is 94.9 Å². The number of halogens is 1. The molecule has 1 N–H and O–H groups in total. The van der Waals surface area contributed by atoms with Crippen molar-refractivity contribution in [3.63, 3.8) is 0 Å². The van der Waals surface area contributed by atoms with E-state index in [1.807, 2.05) is 54.6 Å². The first-order valence-corrected chi connectivity index (χ1v) is 8.83. The molecule has 3 nitrogen and oxygen atoms in total. The molecule has 128 valence electrons. The van der Waals surface area contributed by atoms with E-state index >= 15 is 0 Å².